The number of ether oxygens (including phenoxy) is 6. The Labute approximate surface area is 268 Å². The van der Waals surface area contributed by atoms with Gasteiger partial charge in [-0.3, -0.25) is 9.11 Å². The summed E-state index contributed by atoms with van der Waals surface area (Å²) >= 11 is 0. The van der Waals surface area contributed by atoms with Crippen LogP contribution in [0.3, 0.4) is 0 Å². The highest BCUT2D eigenvalue weighted by Crippen LogP contribution is 2.34. The monoisotopic (exact) mass is 713 g/mol. The third-order valence-electron chi connectivity index (χ3n) is 8.32. The molecule has 3 aliphatic heterocycles. The Kier molecular flexibility index (Phi) is 14.6. The van der Waals surface area contributed by atoms with Crippen LogP contribution >= 0.6 is 0 Å². The van der Waals surface area contributed by atoms with Gasteiger partial charge in [-0.2, -0.15) is 8.42 Å². The van der Waals surface area contributed by atoms with E-state index in [-0.39, 0.29) is 13.0 Å². The van der Waals surface area contributed by atoms with Crippen molar-refractivity contribution in [2.45, 2.75) is 123 Å². The number of aliphatic hydroxyl groups is 8. The van der Waals surface area contributed by atoms with E-state index in [4.69, 9.17) is 74.6 Å². The Bertz CT molecular complexity index is 1070. The van der Waals surface area contributed by atoms with Crippen LogP contribution in [0.25, 0.3) is 0 Å². The van der Waals surface area contributed by atoms with Crippen molar-refractivity contribution in [3.05, 3.63) is 0 Å². The molecule has 4 aliphatic rings. The van der Waals surface area contributed by atoms with E-state index >= 15 is 0 Å². The van der Waals surface area contributed by atoms with E-state index in [1.807, 2.05) is 0 Å². The zero-order valence-electron chi connectivity index (χ0n) is 24.8. The highest BCUT2D eigenvalue weighted by atomic mass is 32.3. The van der Waals surface area contributed by atoms with E-state index in [0.717, 1.165) is 0 Å². The van der Waals surface area contributed by atoms with Gasteiger partial charge in [0.2, 0.25) is 0 Å². The summed E-state index contributed by atoms with van der Waals surface area (Å²) in [5.41, 5.74) is 29.9. The zero-order valence-corrected chi connectivity index (χ0v) is 25.6. The van der Waals surface area contributed by atoms with E-state index < -0.39 is 140 Å². The van der Waals surface area contributed by atoms with E-state index in [1.54, 1.807) is 0 Å². The molecule has 1 unspecified atom stereocenters. The predicted molar refractivity (Wildman–Crippen MR) is 151 cm³/mol. The van der Waals surface area contributed by atoms with Crippen molar-refractivity contribution in [1.29, 1.82) is 0 Å². The maximum atomic E-state index is 11.1. The number of nitrogens with two attached hydrogens (primary N) is 5. The summed E-state index contributed by atoms with van der Waals surface area (Å²) in [6, 6.07) is -4.30. The third kappa shape index (κ3) is 9.67. The van der Waals surface area contributed by atoms with E-state index in [9.17, 15) is 40.9 Å². The van der Waals surface area contributed by atoms with Crippen molar-refractivity contribution in [2.75, 3.05) is 19.8 Å². The average molecular weight is 714 g/mol. The molecule has 0 aromatic heterocycles. The van der Waals surface area contributed by atoms with Gasteiger partial charge in [0.1, 0.15) is 67.1 Å². The van der Waals surface area contributed by atoms with Gasteiger partial charge in [0.05, 0.1) is 31.4 Å². The van der Waals surface area contributed by atoms with Crippen molar-refractivity contribution in [3.8, 4) is 0 Å². The standard InChI is InChI=1S/C23H45N5O14.H2O4S/c24-2-7-13(32)15(34)10(27)21(37-7)41-19-9(4-30)39-23(17(19)36)42-20-12(31)5(25)1-6(26)18(20)40-22-11(28)16(35)14(33)8(3-29)38-22;1-5(2,3)4/h5-23,29-36H,1-4,24-28H2;(H2,1,2,3,4)/t5-,6+,7+,8-,9-,10-,11-,12+,13-,14-,15-,16-,17-,18-,19-,20-,21-,22-,23?;/m1./s1. The number of aliphatic hydroxyl groups excluding tert-OH is 8. The first kappa shape index (κ1) is 40.5. The molecule has 0 amide bonds. The van der Waals surface area contributed by atoms with Crippen LogP contribution in [0.2, 0.25) is 0 Å². The van der Waals surface area contributed by atoms with E-state index in [1.165, 1.54) is 0 Å². The van der Waals surface area contributed by atoms with Gasteiger partial charge in [-0.05, 0) is 6.42 Å². The number of rotatable bonds is 9. The molecule has 0 spiro atoms. The third-order valence-corrected chi connectivity index (χ3v) is 8.32. The molecule has 3 saturated heterocycles. The zero-order chi connectivity index (χ0) is 35.5. The molecule has 0 bridgehead atoms. The number of hydrogen-bond donors (Lipinski definition) is 15. The molecular weight excluding hydrogens is 666 g/mol. The van der Waals surface area contributed by atoms with Crippen LogP contribution < -0.4 is 28.7 Å². The van der Waals surface area contributed by atoms with Crippen LogP contribution in [0.5, 0.6) is 0 Å². The summed E-state index contributed by atoms with van der Waals surface area (Å²) in [4.78, 5) is 0. The largest absolute Gasteiger partial charge is 0.394 e. The topological polar surface area (TPSA) is 422 Å². The minimum absolute atomic E-state index is 0.0642. The molecule has 23 nitrogen and oxygen atoms in total. The summed E-state index contributed by atoms with van der Waals surface area (Å²) in [5.74, 6) is 0. The SMILES string of the molecule is NC[C@@H]1O[C@H](O[C@@H]2[C@@H](CO)OC(O[C@@H]3[C@@H](O)[C@H](N)C[C@H](N)[C@H]3O[C@H]3O[C@H](CO)[C@@H](O)[C@H](O)[C@H]3N)[C@@H]2O)[C@H](N)[C@@H](O)[C@@H]1O.O=S(=O)(O)O. The lowest BCUT2D eigenvalue weighted by atomic mass is 9.84. The van der Waals surface area contributed by atoms with Crippen molar-refractivity contribution in [2.24, 2.45) is 28.7 Å². The lowest BCUT2D eigenvalue weighted by Crippen LogP contribution is -2.68. The average Bonchev–Trinajstić information content (AvgIpc) is 3.30. The summed E-state index contributed by atoms with van der Waals surface area (Å²) in [7, 11) is -4.67. The predicted octanol–water partition coefficient (Wildman–Crippen LogP) is -9.51. The van der Waals surface area contributed by atoms with Gasteiger partial charge in [-0.15, -0.1) is 0 Å². The van der Waals surface area contributed by atoms with Crippen LogP contribution in [-0.4, -0.2) is 194 Å². The van der Waals surface area contributed by atoms with Crippen LogP contribution in [0, 0.1) is 0 Å². The molecule has 19 atom stereocenters. The lowest BCUT2D eigenvalue weighted by Gasteiger charge is -2.47. The van der Waals surface area contributed by atoms with Gasteiger partial charge in [0.15, 0.2) is 18.9 Å². The lowest BCUT2D eigenvalue weighted by molar-refractivity contribution is -0.310. The normalized spacial score (nSPS) is 49.3. The molecule has 4 fully saturated rings. The quantitative estimate of drug-likeness (QED) is 0.0986. The van der Waals surface area contributed by atoms with Gasteiger partial charge in [-0.25, -0.2) is 0 Å². The maximum Gasteiger partial charge on any atom is 0.394 e. The maximum absolute atomic E-state index is 11.1. The Hall–Kier alpha value is -0.890. The van der Waals surface area contributed by atoms with Crippen molar-refractivity contribution in [1.82, 2.24) is 0 Å². The van der Waals surface area contributed by atoms with Crippen LogP contribution in [0.4, 0.5) is 0 Å². The highest BCUT2D eigenvalue weighted by Gasteiger charge is 2.54. The summed E-state index contributed by atoms with van der Waals surface area (Å²) in [5, 5.41) is 82.3. The molecule has 0 radical (unpaired) electrons. The van der Waals surface area contributed by atoms with Crippen molar-refractivity contribution < 1.29 is 86.8 Å². The molecule has 24 heteroatoms. The molecule has 47 heavy (non-hydrogen) atoms. The second kappa shape index (κ2) is 16.9. The Balaban J connectivity index is 0.00000111. The van der Waals surface area contributed by atoms with Gasteiger partial charge in [-0.1, -0.05) is 0 Å². The fourth-order valence-electron chi connectivity index (χ4n) is 5.70. The van der Waals surface area contributed by atoms with Gasteiger partial charge in [0, 0.05) is 18.6 Å². The molecule has 4 rings (SSSR count). The van der Waals surface area contributed by atoms with Crippen LogP contribution in [-0.2, 0) is 38.8 Å². The van der Waals surface area contributed by atoms with Crippen molar-refractivity contribution in [3.63, 3.8) is 0 Å². The molecule has 0 aromatic carbocycles. The number of hydrogen-bond acceptors (Lipinski definition) is 21. The fraction of sp³-hybridized carbons (Fsp3) is 1.00. The summed E-state index contributed by atoms with van der Waals surface area (Å²) < 4.78 is 66.0. The first-order valence-corrected chi connectivity index (χ1v) is 15.9. The Morgan fingerprint density at radius 3 is 1.49 bits per heavy atom. The molecular formula is C23H47N5O18S. The van der Waals surface area contributed by atoms with E-state index in [2.05, 4.69) is 0 Å². The van der Waals surface area contributed by atoms with Crippen molar-refractivity contribution >= 4 is 10.4 Å². The fourth-order valence-corrected chi connectivity index (χ4v) is 5.70. The highest BCUT2D eigenvalue weighted by molar-refractivity contribution is 7.79. The summed E-state index contributed by atoms with van der Waals surface area (Å²) in [6.07, 6.45) is -20.5. The van der Waals surface area contributed by atoms with Crippen LogP contribution in [0.1, 0.15) is 6.42 Å². The Morgan fingerprint density at radius 2 is 1.00 bits per heavy atom. The van der Waals surface area contributed by atoms with Gasteiger partial charge < -0.3 is 97.9 Å². The first-order chi connectivity index (χ1) is 21.8. The molecule has 278 valence electrons. The minimum Gasteiger partial charge on any atom is -0.394 e. The molecule has 1 aliphatic carbocycles. The first-order valence-electron chi connectivity index (χ1n) is 14.5. The van der Waals surface area contributed by atoms with Crippen LogP contribution in [0.15, 0.2) is 0 Å². The van der Waals surface area contributed by atoms with Gasteiger partial charge in [0.25, 0.3) is 0 Å². The molecule has 3 heterocycles. The summed E-state index contributed by atoms with van der Waals surface area (Å²) in [6.45, 7) is -1.49. The minimum atomic E-state index is -4.67. The second-order valence-corrected chi connectivity index (χ2v) is 12.5. The smallest absolute Gasteiger partial charge is 0.394 e. The molecule has 20 N–H and O–H groups in total. The molecule has 0 aromatic rings. The second-order valence-electron chi connectivity index (χ2n) is 11.6. The van der Waals surface area contributed by atoms with E-state index in [0.29, 0.717) is 0 Å². The Morgan fingerprint density at radius 1 is 0.574 bits per heavy atom. The van der Waals surface area contributed by atoms with Gasteiger partial charge >= 0.3 is 10.4 Å². The molecule has 1 saturated carbocycles.